The molecule has 96 valence electrons. The molecule has 17 heavy (non-hydrogen) atoms. The lowest BCUT2D eigenvalue weighted by atomic mass is 9.88. The second-order valence-corrected chi connectivity index (χ2v) is 6.04. The monoisotopic (exact) mass is 349 g/mol. The zero-order valence-electron chi connectivity index (χ0n) is 11.0. The van der Waals surface area contributed by atoms with Gasteiger partial charge in [-0.3, -0.25) is 0 Å². The fourth-order valence-electron chi connectivity index (χ4n) is 1.56. The standard InChI is InChI=1S/C12H20IN3O/c1-6-17-9(12(2,3)4)11-15-7-8(13)10(14-5)16-11/h7,9H,6H2,1-5H3,(H,14,15,16). The molecule has 0 radical (unpaired) electrons. The van der Waals surface area contributed by atoms with Crippen LogP contribution in [-0.2, 0) is 4.74 Å². The van der Waals surface area contributed by atoms with Crippen LogP contribution < -0.4 is 5.32 Å². The zero-order chi connectivity index (χ0) is 13.1. The van der Waals surface area contributed by atoms with Crippen LogP contribution in [0.3, 0.4) is 0 Å². The Hall–Kier alpha value is -0.430. The molecule has 1 unspecified atom stereocenters. The molecule has 0 aliphatic rings. The molecule has 0 saturated carbocycles. The van der Waals surface area contributed by atoms with Gasteiger partial charge >= 0.3 is 0 Å². The molecule has 0 fully saturated rings. The second-order valence-electron chi connectivity index (χ2n) is 4.88. The predicted octanol–water partition coefficient (Wildman–Crippen LogP) is 3.25. The van der Waals surface area contributed by atoms with Gasteiger partial charge in [0.2, 0.25) is 0 Å². The van der Waals surface area contributed by atoms with E-state index in [9.17, 15) is 0 Å². The number of nitrogens with one attached hydrogen (secondary N) is 1. The van der Waals surface area contributed by atoms with E-state index in [-0.39, 0.29) is 11.5 Å². The van der Waals surface area contributed by atoms with Gasteiger partial charge < -0.3 is 10.1 Å². The topological polar surface area (TPSA) is 47.0 Å². The highest BCUT2D eigenvalue weighted by molar-refractivity contribution is 14.1. The first-order valence-corrected chi connectivity index (χ1v) is 6.79. The van der Waals surface area contributed by atoms with Crippen LogP contribution in [0.2, 0.25) is 0 Å². The highest BCUT2D eigenvalue weighted by atomic mass is 127. The quantitative estimate of drug-likeness (QED) is 0.848. The van der Waals surface area contributed by atoms with Gasteiger partial charge in [0.05, 0.1) is 3.57 Å². The molecular formula is C12H20IN3O. The van der Waals surface area contributed by atoms with Crippen molar-refractivity contribution in [3.63, 3.8) is 0 Å². The van der Waals surface area contributed by atoms with Gasteiger partial charge in [0.25, 0.3) is 0 Å². The Labute approximate surface area is 117 Å². The Balaban J connectivity index is 3.10. The third-order valence-corrected chi connectivity index (χ3v) is 3.14. The summed E-state index contributed by atoms with van der Waals surface area (Å²) in [6, 6.07) is 0. The molecule has 1 aromatic heterocycles. The number of rotatable bonds is 4. The van der Waals surface area contributed by atoms with E-state index in [1.807, 2.05) is 20.2 Å². The van der Waals surface area contributed by atoms with E-state index in [0.29, 0.717) is 6.61 Å². The number of halogens is 1. The van der Waals surface area contributed by atoms with Crippen LogP contribution >= 0.6 is 22.6 Å². The van der Waals surface area contributed by atoms with E-state index >= 15 is 0 Å². The first-order valence-electron chi connectivity index (χ1n) is 5.72. The van der Waals surface area contributed by atoms with Crippen molar-refractivity contribution in [3.8, 4) is 0 Å². The van der Waals surface area contributed by atoms with Crippen LogP contribution in [0.5, 0.6) is 0 Å². The maximum atomic E-state index is 5.78. The number of ether oxygens (including phenoxy) is 1. The van der Waals surface area contributed by atoms with Gasteiger partial charge in [-0.05, 0) is 34.9 Å². The highest BCUT2D eigenvalue weighted by Crippen LogP contribution is 2.34. The van der Waals surface area contributed by atoms with E-state index in [0.717, 1.165) is 15.2 Å². The summed E-state index contributed by atoms with van der Waals surface area (Å²) in [6.07, 6.45) is 1.74. The van der Waals surface area contributed by atoms with Crippen molar-refractivity contribution in [2.45, 2.75) is 33.8 Å². The molecule has 1 N–H and O–H groups in total. The van der Waals surface area contributed by atoms with Crippen molar-refractivity contribution in [3.05, 3.63) is 15.6 Å². The second kappa shape index (κ2) is 5.95. The average molecular weight is 349 g/mol. The van der Waals surface area contributed by atoms with E-state index in [4.69, 9.17) is 4.74 Å². The van der Waals surface area contributed by atoms with Gasteiger partial charge in [-0.25, -0.2) is 9.97 Å². The van der Waals surface area contributed by atoms with Gasteiger partial charge in [0.15, 0.2) is 5.82 Å². The molecule has 0 saturated heterocycles. The maximum absolute atomic E-state index is 5.78. The molecule has 1 atom stereocenters. The molecule has 0 aliphatic heterocycles. The highest BCUT2D eigenvalue weighted by Gasteiger charge is 2.29. The first-order chi connectivity index (χ1) is 7.90. The lowest BCUT2D eigenvalue weighted by molar-refractivity contribution is -0.0190. The van der Waals surface area contributed by atoms with Crippen molar-refractivity contribution < 1.29 is 4.74 Å². The number of nitrogens with zero attached hydrogens (tertiary/aromatic N) is 2. The Morgan fingerprint density at radius 1 is 1.47 bits per heavy atom. The van der Waals surface area contributed by atoms with Crippen LogP contribution in [0.25, 0.3) is 0 Å². The van der Waals surface area contributed by atoms with Crippen molar-refractivity contribution >= 4 is 28.4 Å². The van der Waals surface area contributed by atoms with Crippen molar-refractivity contribution in [1.82, 2.24) is 9.97 Å². The minimum absolute atomic E-state index is 0.0200. The maximum Gasteiger partial charge on any atom is 0.160 e. The van der Waals surface area contributed by atoms with Gasteiger partial charge in [-0.2, -0.15) is 0 Å². The fourth-order valence-corrected chi connectivity index (χ4v) is 2.09. The largest absolute Gasteiger partial charge is 0.372 e. The Morgan fingerprint density at radius 3 is 2.59 bits per heavy atom. The molecule has 0 aromatic carbocycles. The molecule has 0 spiro atoms. The van der Waals surface area contributed by atoms with Crippen LogP contribution in [0.15, 0.2) is 6.20 Å². The lowest BCUT2D eigenvalue weighted by Crippen LogP contribution is -2.24. The minimum Gasteiger partial charge on any atom is -0.372 e. The van der Waals surface area contributed by atoms with E-state index in [1.165, 1.54) is 0 Å². The molecule has 1 rings (SSSR count). The Kier molecular flexibility index (Phi) is 5.12. The fraction of sp³-hybridized carbons (Fsp3) is 0.667. The molecular weight excluding hydrogens is 329 g/mol. The predicted molar refractivity (Wildman–Crippen MR) is 78.1 cm³/mol. The van der Waals surface area contributed by atoms with E-state index in [2.05, 4.69) is 58.6 Å². The Bertz CT molecular complexity index is 377. The summed E-state index contributed by atoms with van der Waals surface area (Å²) < 4.78 is 6.79. The summed E-state index contributed by atoms with van der Waals surface area (Å²) in [4.78, 5) is 8.91. The van der Waals surface area contributed by atoms with E-state index < -0.39 is 0 Å². The average Bonchev–Trinajstić information content (AvgIpc) is 2.25. The molecule has 4 nitrogen and oxygen atoms in total. The number of hydrogen-bond acceptors (Lipinski definition) is 4. The van der Waals surface area contributed by atoms with Gasteiger partial charge in [0.1, 0.15) is 11.9 Å². The SMILES string of the molecule is CCOC(c1ncc(I)c(NC)n1)C(C)(C)C. The van der Waals surface area contributed by atoms with Crippen LogP contribution in [0.1, 0.15) is 39.6 Å². The summed E-state index contributed by atoms with van der Waals surface area (Å²) in [6.45, 7) is 9.05. The molecule has 0 amide bonds. The zero-order valence-corrected chi connectivity index (χ0v) is 13.2. The van der Waals surface area contributed by atoms with Crippen molar-refractivity contribution in [2.24, 2.45) is 5.41 Å². The van der Waals surface area contributed by atoms with E-state index in [1.54, 1.807) is 0 Å². The number of aromatic nitrogens is 2. The molecule has 0 bridgehead atoms. The normalized spacial score (nSPS) is 13.5. The summed E-state index contributed by atoms with van der Waals surface area (Å²) in [5, 5.41) is 3.07. The van der Waals surface area contributed by atoms with Crippen molar-refractivity contribution in [2.75, 3.05) is 19.0 Å². The smallest absolute Gasteiger partial charge is 0.160 e. The minimum atomic E-state index is -0.0865. The number of hydrogen-bond donors (Lipinski definition) is 1. The summed E-state index contributed by atoms with van der Waals surface area (Å²) in [5.41, 5.74) is -0.0200. The summed E-state index contributed by atoms with van der Waals surface area (Å²) >= 11 is 2.21. The number of anilines is 1. The Morgan fingerprint density at radius 2 is 2.12 bits per heavy atom. The van der Waals surface area contributed by atoms with Crippen LogP contribution in [-0.4, -0.2) is 23.6 Å². The van der Waals surface area contributed by atoms with Crippen LogP contribution in [0, 0.1) is 8.99 Å². The third kappa shape index (κ3) is 3.77. The summed E-state index contributed by atoms with van der Waals surface area (Å²) in [7, 11) is 1.86. The molecule has 0 aliphatic carbocycles. The van der Waals surface area contributed by atoms with Crippen molar-refractivity contribution in [1.29, 1.82) is 0 Å². The lowest BCUT2D eigenvalue weighted by Gasteiger charge is -2.29. The van der Waals surface area contributed by atoms with Gasteiger partial charge in [-0.1, -0.05) is 20.8 Å². The van der Waals surface area contributed by atoms with Crippen LogP contribution in [0.4, 0.5) is 5.82 Å². The van der Waals surface area contributed by atoms with Gasteiger partial charge in [0, 0.05) is 19.9 Å². The molecule has 1 aromatic rings. The third-order valence-electron chi connectivity index (χ3n) is 2.35. The van der Waals surface area contributed by atoms with Gasteiger partial charge in [-0.15, -0.1) is 0 Å². The molecule has 1 heterocycles. The summed E-state index contributed by atoms with van der Waals surface area (Å²) in [5.74, 6) is 1.59. The first kappa shape index (κ1) is 14.6. The molecule has 5 heteroatoms.